The molecule has 8 nitrogen and oxygen atoms in total. The van der Waals surface area contributed by atoms with Gasteiger partial charge in [0.1, 0.15) is 11.1 Å². The highest BCUT2D eigenvalue weighted by atomic mass is 16.8. The van der Waals surface area contributed by atoms with E-state index in [1.54, 1.807) is 18.2 Å². The predicted molar refractivity (Wildman–Crippen MR) is 92.7 cm³/mol. The number of carbonyl (C=O) groups excluding carboxylic acids is 3. The lowest BCUT2D eigenvalue weighted by Gasteiger charge is -2.29. The smallest absolute Gasteiger partial charge is 0.348 e. The van der Waals surface area contributed by atoms with Crippen LogP contribution in [0.25, 0.3) is 0 Å². The molecule has 0 spiro atoms. The molecule has 1 saturated heterocycles. The standard InChI is InChI=1S/C19H20O8/c1-18(2)24-14(20)12(15(21)25-18)10-8-6-5-7-9-11-13-16(22)26-19(3,4)27-17(13)23/h5-11,20H,1-4H3. The van der Waals surface area contributed by atoms with Crippen LogP contribution < -0.4 is 0 Å². The molecule has 2 rings (SSSR count). The number of hydrogen-bond donors (Lipinski definition) is 1. The monoisotopic (exact) mass is 376 g/mol. The Hall–Kier alpha value is -3.29. The molecule has 2 heterocycles. The van der Waals surface area contributed by atoms with Crippen LogP contribution in [0, 0.1) is 0 Å². The van der Waals surface area contributed by atoms with Gasteiger partial charge in [0.25, 0.3) is 17.5 Å². The van der Waals surface area contributed by atoms with E-state index in [1.165, 1.54) is 52.0 Å². The number of aliphatic hydroxyl groups is 1. The molecule has 0 aromatic heterocycles. The van der Waals surface area contributed by atoms with Gasteiger partial charge < -0.3 is 24.1 Å². The first-order valence-electron chi connectivity index (χ1n) is 8.05. The van der Waals surface area contributed by atoms with E-state index in [4.69, 9.17) is 18.9 Å². The Bertz CT molecular complexity index is 784. The van der Waals surface area contributed by atoms with Crippen LogP contribution in [-0.4, -0.2) is 34.6 Å². The van der Waals surface area contributed by atoms with E-state index in [2.05, 4.69) is 0 Å². The van der Waals surface area contributed by atoms with E-state index in [0.29, 0.717) is 0 Å². The second kappa shape index (κ2) is 7.53. The third-order valence-corrected chi connectivity index (χ3v) is 3.22. The Labute approximate surface area is 156 Å². The fourth-order valence-electron chi connectivity index (χ4n) is 2.11. The van der Waals surface area contributed by atoms with Gasteiger partial charge in [-0.05, 0) is 12.2 Å². The van der Waals surface area contributed by atoms with Crippen molar-refractivity contribution in [3.05, 3.63) is 59.6 Å². The maximum Gasteiger partial charge on any atom is 0.348 e. The molecule has 8 heteroatoms. The number of cyclic esters (lactones) is 3. The summed E-state index contributed by atoms with van der Waals surface area (Å²) in [6.07, 6.45) is 10.2. The fraction of sp³-hybridized carbons (Fsp3) is 0.316. The fourth-order valence-corrected chi connectivity index (χ4v) is 2.11. The SMILES string of the molecule is CC1(C)OC(=O)C(=CC=CC=CC=CC2=C(O)OC(C)(C)OC2=O)C(=O)O1. The van der Waals surface area contributed by atoms with Gasteiger partial charge in [-0.15, -0.1) is 0 Å². The van der Waals surface area contributed by atoms with Gasteiger partial charge in [-0.1, -0.05) is 30.4 Å². The molecule has 1 N–H and O–H groups in total. The molecule has 2 aliphatic rings. The highest BCUT2D eigenvalue weighted by molar-refractivity contribution is 6.15. The third kappa shape index (κ3) is 5.34. The van der Waals surface area contributed by atoms with Crippen molar-refractivity contribution in [3.8, 4) is 0 Å². The number of rotatable bonds is 4. The Morgan fingerprint density at radius 2 is 1.19 bits per heavy atom. The van der Waals surface area contributed by atoms with Crippen LogP contribution in [0.4, 0.5) is 0 Å². The minimum Gasteiger partial charge on any atom is -0.480 e. The molecular weight excluding hydrogens is 356 g/mol. The number of carbonyl (C=O) groups is 3. The van der Waals surface area contributed by atoms with E-state index in [0.717, 1.165) is 0 Å². The van der Waals surface area contributed by atoms with Crippen molar-refractivity contribution in [2.24, 2.45) is 0 Å². The van der Waals surface area contributed by atoms with Crippen LogP contribution >= 0.6 is 0 Å². The largest absolute Gasteiger partial charge is 0.480 e. The third-order valence-electron chi connectivity index (χ3n) is 3.22. The van der Waals surface area contributed by atoms with Gasteiger partial charge in [0.15, 0.2) is 0 Å². The first kappa shape index (κ1) is 20.0. The Morgan fingerprint density at radius 3 is 1.78 bits per heavy atom. The van der Waals surface area contributed by atoms with Crippen LogP contribution in [-0.2, 0) is 33.3 Å². The van der Waals surface area contributed by atoms with Gasteiger partial charge in [-0.25, -0.2) is 14.4 Å². The minimum atomic E-state index is -1.28. The second-order valence-electron chi connectivity index (χ2n) is 6.50. The summed E-state index contributed by atoms with van der Waals surface area (Å²) in [5, 5.41) is 9.72. The molecule has 144 valence electrons. The molecule has 0 radical (unpaired) electrons. The van der Waals surface area contributed by atoms with E-state index >= 15 is 0 Å². The number of hydrogen-bond acceptors (Lipinski definition) is 8. The lowest BCUT2D eigenvalue weighted by atomic mass is 10.2. The van der Waals surface area contributed by atoms with E-state index < -0.39 is 35.4 Å². The van der Waals surface area contributed by atoms with Crippen molar-refractivity contribution in [2.45, 2.75) is 39.3 Å². The molecule has 0 bridgehead atoms. The van der Waals surface area contributed by atoms with Gasteiger partial charge >= 0.3 is 17.9 Å². The number of ether oxygens (including phenoxy) is 4. The van der Waals surface area contributed by atoms with Crippen molar-refractivity contribution >= 4 is 17.9 Å². The second-order valence-corrected chi connectivity index (χ2v) is 6.50. The number of allylic oxidation sites excluding steroid dienone is 6. The van der Waals surface area contributed by atoms with Gasteiger partial charge in [0.05, 0.1) is 0 Å². The molecular formula is C19H20O8. The van der Waals surface area contributed by atoms with E-state index in [1.807, 2.05) is 0 Å². The molecule has 0 aliphatic carbocycles. The lowest BCUT2D eigenvalue weighted by Crippen LogP contribution is -2.41. The maximum absolute atomic E-state index is 11.8. The zero-order valence-corrected chi connectivity index (χ0v) is 15.3. The number of aliphatic hydroxyl groups excluding tert-OH is 1. The van der Waals surface area contributed by atoms with Crippen LogP contribution in [0.3, 0.4) is 0 Å². The molecule has 0 aromatic carbocycles. The Kier molecular flexibility index (Phi) is 5.58. The number of esters is 3. The molecule has 0 saturated carbocycles. The summed E-state index contributed by atoms with van der Waals surface area (Å²) in [4.78, 5) is 35.2. The zero-order valence-electron chi connectivity index (χ0n) is 15.3. The van der Waals surface area contributed by atoms with E-state index in [9.17, 15) is 19.5 Å². The highest BCUT2D eigenvalue weighted by Gasteiger charge is 2.38. The molecule has 0 atom stereocenters. The summed E-state index contributed by atoms with van der Waals surface area (Å²) < 4.78 is 20.0. The van der Waals surface area contributed by atoms with Crippen LogP contribution in [0.1, 0.15) is 27.7 Å². The highest BCUT2D eigenvalue weighted by Crippen LogP contribution is 2.25. The quantitative estimate of drug-likeness (QED) is 0.345. The van der Waals surface area contributed by atoms with Crippen LogP contribution in [0.15, 0.2) is 59.6 Å². The van der Waals surface area contributed by atoms with Gasteiger partial charge in [-0.2, -0.15) is 0 Å². The molecule has 0 aromatic rings. The summed E-state index contributed by atoms with van der Waals surface area (Å²) in [7, 11) is 0. The van der Waals surface area contributed by atoms with E-state index in [-0.39, 0.29) is 11.1 Å². The molecule has 0 amide bonds. The lowest BCUT2D eigenvalue weighted by molar-refractivity contribution is -0.223. The molecule has 27 heavy (non-hydrogen) atoms. The van der Waals surface area contributed by atoms with Crippen LogP contribution in [0.5, 0.6) is 0 Å². The van der Waals surface area contributed by atoms with Gasteiger partial charge in [-0.3, -0.25) is 0 Å². The van der Waals surface area contributed by atoms with Crippen molar-refractivity contribution < 1.29 is 38.4 Å². The molecule has 2 aliphatic heterocycles. The molecule has 1 fully saturated rings. The maximum atomic E-state index is 11.8. The molecule has 0 unspecified atom stereocenters. The Balaban J connectivity index is 1.96. The van der Waals surface area contributed by atoms with Crippen molar-refractivity contribution in [1.29, 1.82) is 0 Å². The summed E-state index contributed by atoms with van der Waals surface area (Å²) in [5.41, 5.74) is -0.324. The normalized spacial score (nSPS) is 22.1. The average Bonchev–Trinajstić information content (AvgIpc) is 2.48. The summed E-state index contributed by atoms with van der Waals surface area (Å²) in [5.74, 6) is -5.23. The Morgan fingerprint density at radius 1 is 0.704 bits per heavy atom. The zero-order chi connectivity index (χ0) is 20.2. The first-order chi connectivity index (χ1) is 12.5. The minimum absolute atomic E-state index is 0.111. The first-order valence-corrected chi connectivity index (χ1v) is 8.05. The van der Waals surface area contributed by atoms with Crippen molar-refractivity contribution in [1.82, 2.24) is 0 Å². The summed E-state index contributed by atoms with van der Waals surface area (Å²) >= 11 is 0. The van der Waals surface area contributed by atoms with Crippen molar-refractivity contribution in [2.75, 3.05) is 0 Å². The van der Waals surface area contributed by atoms with Gasteiger partial charge in [0, 0.05) is 27.7 Å². The predicted octanol–water partition coefficient (Wildman–Crippen LogP) is 2.50. The average molecular weight is 376 g/mol. The van der Waals surface area contributed by atoms with Crippen molar-refractivity contribution in [3.63, 3.8) is 0 Å². The summed E-state index contributed by atoms with van der Waals surface area (Å²) in [6.45, 7) is 5.93. The van der Waals surface area contributed by atoms with Gasteiger partial charge in [0.2, 0.25) is 0 Å². The van der Waals surface area contributed by atoms with Crippen LogP contribution in [0.2, 0.25) is 0 Å². The summed E-state index contributed by atoms with van der Waals surface area (Å²) in [6, 6.07) is 0. The topological polar surface area (TPSA) is 108 Å².